The molecule has 0 bridgehead atoms. The number of carbonyl (C=O) groups excluding carboxylic acids is 1. The highest BCUT2D eigenvalue weighted by molar-refractivity contribution is 5.84. The number of aromatic nitrogens is 1. The maximum Gasteiger partial charge on any atom is 0.407 e. The van der Waals surface area contributed by atoms with Gasteiger partial charge in [0.05, 0.1) is 14.3 Å². The lowest BCUT2D eigenvalue weighted by atomic mass is 10.0. The number of amides is 1. The topological polar surface area (TPSA) is 57.4 Å². The van der Waals surface area contributed by atoms with Crippen LogP contribution in [0.2, 0.25) is 0 Å². The normalized spacial score (nSPS) is 31.6. The molecule has 1 aliphatic rings. The number of nitrogens with zero attached hydrogens (tertiary/aromatic N) is 1. The summed E-state index contributed by atoms with van der Waals surface area (Å²) in [6.07, 6.45) is -5.45. The van der Waals surface area contributed by atoms with Crippen molar-refractivity contribution in [2.45, 2.75) is 18.8 Å². The van der Waals surface area contributed by atoms with Crippen molar-refractivity contribution in [3.63, 3.8) is 0 Å². The molecule has 112 valence electrons. The lowest BCUT2D eigenvalue weighted by molar-refractivity contribution is 0.177. The summed E-state index contributed by atoms with van der Waals surface area (Å²) in [6.45, 7) is -8.74. The van der Waals surface area contributed by atoms with Crippen molar-refractivity contribution in [2.75, 3.05) is 27.1 Å². The summed E-state index contributed by atoms with van der Waals surface area (Å²) in [5.74, 6) is 0. The fraction of sp³-hybridized carbons (Fsp3) is 0.438. The quantitative estimate of drug-likeness (QED) is 0.887. The zero-order valence-corrected chi connectivity index (χ0v) is 11.0. The Kier molecular flexibility index (Phi) is 1.46. The van der Waals surface area contributed by atoms with Crippen molar-refractivity contribution in [3.05, 3.63) is 35.4 Å². The van der Waals surface area contributed by atoms with Crippen LogP contribution < -0.4 is 5.32 Å². The van der Waals surface area contributed by atoms with Crippen LogP contribution in [0.5, 0.6) is 0 Å². The van der Waals surface area contributed by atoms with Crippen LogP contribution in [0.4, 0.5) is 4.79 Å². The summed E-state index contributed by atoms with van der Waals surface area (Å²) in [6, 6.07) is -3.03. The van der Waals surface area contributed by atoms with Crippen LogP contribution in [0.15, 0.2) is 24.3 Å². The molecule has 0 spiro atoms. The van der Waals surface area contributed by atoms with E-state index in [0.717, 1.165) is 7.05 Å². The second kappa shape index (κ2) is 5.77. The van der Waals surface area contributed by atoms with Gasteiger partial charge in [-0.1, -0.05) is 6.04 Å². The van der Waals surface area contributed by atoms with Gasteiger partial charge in [-0.2, -0.15) is 0 Å². The summed E-state index contributed by atoms with van der Waals surface area (Å²) in [5.41, 5.74) is -1.29. The molecule has 1 atom stereocenters. The van der Waals surface area contributed by atoms with Crippen molar-refractivity contribution in [1.29, 1.82) is 0 Å². The van der Waals surface area contributed by atoms with Crippen LogP contribution in [0, 0.1) is 0 Å². The summed E-state index contributed by atoms with van der Waals surface area (Å²) >= 11 is 0. The van der Waals surface area contributed by atoms with Gasteiger partial charge >= 0.3 is 6.09 Å². The minimum atomic E-state index is -3.21. The third-order valence-corrected chi connectivity index (χ3v) is 2.77. The van der Waals surface area contributed by atoms with E-state index in [4.69, 9.17) is 17.8 Å². The van der Waals surface area contributed by atoms with Crippen LogP contribution >= 0.6 is 0 Å². The molecule has 1 aromatic carbocycles. The highest BCUT2D eigenvalue weighted by Gasteiger charge is 2.22. The van der Waals surface area contributed by atoms with Gasteiger partial charge in [0.25, 0.3) is 0 Å². The summed E-state index contributed by atoms with van der Waals surface area (Å²) in [5, 5.41) is 1.79. The predicted molar refractivity (Wildman–Crippen MR) is 82.5 cm³/mol. The maximum atomic E-state index is 11.5. The van der Waals surface area contributed by atoms with Gasteiger partial charge in [0.2, 0.25) is 0 Å². The number of aromatic amines is 1. The Hall–Kier alpha value is -2.01. The van der Waals surface area contributed by atoms with E-state index in [1.54, 1.807) is 0 Å². The van der Waals surface area contributed by atoms with Gasteiger partial charge in [0, 0.05) is 33.2 Å². The number of fused-ring (bicyclic) bond motifs is 1. The lowest BCUT2D eigenvalue weighted by Gasteiger charge is -2.09. The Bertz CT molecular complexity index is 1160. The number of aryl methyl sites for hydroxylation is 1. The average Bonchev–Trinajstić information content (AvgIpc) is 3.17. The molecule has 2 heterocycles. The number of ether oxygens (including phenoxy) is 1. The molecule has 0 unspecified atom stereocenters. The molecule has 21 heavy (non-hydrogen) atoms. The van der Waals surface area contributed by atoms with Gasteiger partial charge in [-0.3, -0.25) is 0 Å². The molecule has 1 fully saturated rings. The smallest absolute Gasteiger partial charge is 0.407 e. The molecule has 1 saturated heterocycles. The van der Waals surface area contributed by atoms with E-state index in [2.05, 4.69) is 15.0 Å². The van der Waals surface area contributed by atoms with E-state index in [0.29, 0.717) is 0 Å². The molecule has 2 aromatic rings. The molecule has 0 saturated carbocycles. The van der Waals surface area contributed by atoms with Crippen molar-refractivity contribution in [1.82, 2.24) is 15.2 Å². The third-order valence-electron chi connectivity index (χ3n) is 2.77. The minimum Gasteiger partial charge on any atom is -0.447 e. The lowest BCUT2D eigenvalue weighted by Crippen LogP contribution is -2.28. The molecular formula is C16H21N3O2. The molecule has 1 aromatic heterocycles. The van der Waals surface area contributed by atoms with Gasteiger partial charge in [0.15, 0.2) is 0 Å². The second-order valence-electron chi connectivity index (χ2n) is 4.43. The number of cyclic esters (lactones) is 1. The zero-order chi connectivity index (χ0) is 26.2. The van der Waals surface area contributed by atoms with E-state index >= 15 is 0 Å². The van der Waals surface area contributed by atoms with Crippen LogP contribution in [0.3, 0.4) is 0 Å². The summed E-state index contributed by atoms with van der Waals surface area (Å²) in [4.78, 5) is 14.0. The Labute approximate surface area is 142 Å². The monoisotopic (exact) mass is 300 g/mol. The molecule has 1 aliphatic heterocycles. The maximum absolute atomic E-state index is 11.5. The van der Waals surface area contributed by atoms with E-state index in [-0.39, 0.29) is 16.0 Å². The molecule has 0 aliphatic carbocycles. The molecule has 1 amide bonds. The fourth-order valence-corrected chi connectivity index (χ4v) is 1.87. The van der Waals surface area contributed by atoms with Gasteiger partial charge in [-0.05, 0) is 50.0 Å². The van der Waals surface area contributed by atoms with E-state index in [9.17, 15) is 4.79 Å². The molecule has 3 rings (SSSR count). The first kappa shape index (κ1) is 5.32. The molecule has 2 N–H and O–H groups in total. The number of hydrogen-bond donors (Lipinski definition) is 2. The first-order valence-corrected chi connectivity index (χ1v) is 6.10. The largest absolute Gasteiger partial charge is 0.447 e. The number of likely N-dealkylation sites (N-methyl/N-ethyl adjacent to an activating group) is 1. The van der Waals surface area contributed by atoms with Gasteiger partial charge in [-0.15, -0.1) is 0 Å². The zero-order valence-electron chi connectivity index (χ0n) is 24.0. The van der Waals surface area contributed by atoms with Gasteiger partial charge < -0.3 is 19.9 Å². The molecular weight excluding hydrogens is 266 g/mol. The number of hydrogen-bond acceptors (Lipinski definition) is 3. The van der Waals surface area contributed by atoms with Gasteiger partial charge in [0.1, 0.15) is 6.56 Å². The Balaban J connectivity index is 2.26. The highest BCUT2D eigenvalue weighted by Crippen LogP contribution is 2.21. The number of alkyl carbamates (subject to hydrolysis) is 1. The second-order valence-corrected chi connectivity index (χ2v) is 4.43. The number of carbonyl (C=O) groups is 1. The Morgan fingerprint density at radius 1 is 1.67 bits per heavy atom. The third kappa shape index (κ3) is 3.19. The number of nitrogens with one attached hydrogen (secondary N) is 2. The van der Waals surface area contributed by atoms with Crippen LogP contribution in [-0.4, -0.2) is 49.1 Å². The number of H-pyrrole nitrogens is 1. The molecule has 5 heteroatoms. The Morgan fingerprint density at radius 3 is 3.33 bits per heavy atom. The molecule has 0 radical (unpaired) electrons. The van der Waals surface area contributed by atoms with E-state index < -0.39 is 80.2 Å². The standard InChI is InChI=1S/C16H21N3O2/c1-19(2)6-5-12-9-17-15-4-3-11(8-14(12)15)7-13-10-21-16(20)18-13/h3-4,8-9,13,17H,5-7,10H2,1-2H3,(H,18,20)/t13-/m0/s1/i1D3,3D,4D,5D2,6D2,8D,9D,10D2. The van der Waals surface area contributed by atoms with E-state index in [1.165, 1.54) is 0 Å². The van der Waals surface area contributed by atoms with Crippen LogP contribution in [0.1, 0.15) is 28.9 Å². The van der Waals surface area contributed by atoms with Crippen molar-refractivity contribution in [2.24, 2.45) is 0 Å². The Morgan fingerprint density at radius 2 is 2.57 bits per heavy atom. The number of rotatable bonds is 5. The first-order chi connectivity index (χ1) is 15.2. The number of benzene rings is 1. The van der Waals surface area contributed by atoms with Crippen molar-refractivity contribution in [3.8, 4) is 0 Å². The summed E-state index contributed by atoms with van der Waals surface area (Å²) < 4.78 is 109. The highest BCUT2D eigenvalue weighted by atomic mass is 16.6. The minimum absolute atomic E-state index is 0.184. The fourth-order valence-electron chi connectivity index (χ4n) is 1.87. The van der Waals surface area contributed by atoms with E-state index in [1.807, 2.05) is 0 Å². The van der Waals surface area contributed by atoms with Gasteiger partial charge in [-0.25, -0.2) is 4.79 Å². The average molecular weight is 300 g/mol. The SMILES string of the molecule is [2H]c1[nH]c2c([2H])c([2H])c(C[C@@H]3NC(=O)OC3([2H])[2H])c([2H])c2c1C([2H])([2H])C([2H])([2H])N(C)C([2H])([2H])[2H]. The van der Waals surface area contributed by atoms with Crippen molar-refractivity contribution < 1.29 is 27.4 Å². The molecule has 5 nitrogen and oxygen atoms in total. The summed E-state index contributed by atoms with van der Waals surface area (Å²) in [7, 11) is 0.846. The van der Waals surface area contributed by atoms with Crippen LogP contribution in [0.25, 0.3) is 10.9 Å². The first-order valence-electron chi connectivity index (χ1n) is 12.6. The van der Waals surface area contributed by atoms with Crippen molar-refractivity contribution >= 4 is 17.0 Å². The predicted octanol–water partition coefficient (Wildman–Crippen LogP) is 1.92. The van der Waals surface area contributed by atoms with Crippen LogP contribution in [-0.2, 0) is 17.5 Å².